The lowest BCUT2D eigenvalue weighted by molar-refractivity contribution is 0.411. The summed E-state index contributed by atoms with van der Waals surface area (Å²) < 4.78 is 28.8. The monoisotopic (exact) mass is 531 g/mol. The van der Waals surface area contributed by atoms with Crippen LogP contribution in [0.1, 0.15) is 29.2 Å². The summed E-state index contributed by atoms with van der Waals surface area (Å²) >= 11 is 0. The average Bonchev–Trinajstić information content (AvgIpc) is 2.63. The summed E-state index contributed by atoms with van der Waals surface area (Å²) in [5, 5.41) is 6.52. The van der Waals surface area contributed by atoms with Gasteiger partial charge in [-0.1, -0.05) is 24.3 Å². The third-order valence-electron chi connectivity index (χ3n) is 4.32. The summed E-state index contributed by atoms with van der Waals surface area (Å²) in [6.45, 7) is 7.69. The van der Waals surface area contributed by atoms with E-state index in [1.165, 1.54) is 6.26 Å². The van der Waals surface area contributed by atoms with Crippen LogP contribution in [0.4, 0.5) is 0 Å². The van der Waals surface area contributed by atoms with Gasteiger partial charge in [-0.2, -0.15) is 0 Å². The fourth-order valence-corrected chi connectivity index (χ4v) is 3.93. The SMILES string of the molecule is CCNC(=NCc1ccc(OC)c(C)c1)NCc1ccc(S(C)(=O)=O)c(C)c1.I. The molecule has 2 rings (SSSR count). The van der Waals surface area contributed by atoms with E-state index < -0.39 is 9.84 Å². The van der Waals surface area contributed by atoms with Crippen LogP contribution in [0.15, 0.2) is 46.3 Å². The number of aliphatic imine (C=N–C) groups is 1. The first-order chi connectivity index (χ1) is 13.2. The van der Waals surface area contributed by atoms with Gasteiger partial charge >= 0.3 is 0 Å². The van der Waals surface area contributed by atoms with Crippen molar-refractivity contribution in [2.24, 2.45) is 4.99 Å². The molecule has 0 saturated carbocycles. The van der Waals surface area contributed by atoms with E-state index in [1.54, 1.807) is 13.2 Å². The molecule has 0 spiro atoms. The van der Waals surface area contributed by atoms with Crippen LogP contribution in [0.3, 0.4) is 0 Å². The predicted molar refractivity (Wildman–Crippen MR) is 129 cm³/mol. The Bertz CT molecular complexity index is 960. The summed E-state index contributed by atoms with van der Waals surface area (Å²) in [6.07, 6.45) is 1.23. The molecule has 0 saturated heterocycles. The molecular weight excluding hydrogens is 501 g/mol. The number of nitrogens with one attached hydrogen (secondary N) is 2. The van der Waals surface area contributed by atoms with Crippen molar-refractivity contribution >= 4 is 39.8 Å². The molecule has 6 nitrogen and oxygen atoms in total. The van der Waals surface area contributed by atoms with E-state index in [0.29, 0.717) is 23.9 Å². The van der Waals surface area contributed by atoms with E-state index in [1.807, 2.05) is 45.0 Å². The number of ether oxygens (including phenoxy) is 1. The minimum atomic E-state index is -3.20. The Morgan fingerprint density at radius 3 is 2.24 bits per heavy atom. The van der Waals surface area contributed by atoms with Crippen LogP contribution in [0, 0.1) is 13.8 Å². The van der Waals surface area contributed by atoms with Gasteiger partial charge in [0.2, 0.25) is 0 Å². The third-order valence-corrected chi connectivity index (χ3v) is 5.58. The van der Waals surface area contributed by atoms with Crippen LogP contribution >= 0.6 is 24.0 Å². The molecule has 2 aromatic carbocycles. The zero-order valence-electron chi connectivity index (χ0n) is 17.6. The summed E-state index contributed by atoms with van der Waals surface area (Å²) in [6, 6.07) is 11.4. The molecule has 0 unspecified atom stereocenters. The first-order valence-electron chi connectivity index (χ1n) is 9.20. The van der Waals surface area contributed by atoms with Crippen LogP contribution in [-0.4, -0.2) is 34.3 Å². The molecule has 0 atom stereocenters. The van der Waals surface area contributed by atoms with Crippen LogP contribution in [0.2, 0.25) is 0 Å². The summed E-state index contributed by atoms with van der Waals surface area (Å²) in [5.74, 6) is 1.58. The lowest BCUT2D eigenvalue weighted by Gasteiger charge is -2.13. The summed E-state index contributed by atoms with van der Waals surface area (Å²) in [7, 11) is -1.54. The molecule has 29 heavy (non-hydrogen) atoms. The molecule has 0 aliphatic rings. The topological polar surface area (TPSA) is 79.8 Å². The van der Waals surface area contributed by atoms with Gasteiger partial charge < -0.3 is 15.4 Å². The van der Waals surface area contributed by atoms with Crippen LogP contribution in [0.25, 0.3) is 0 Å². The van der Waals surface area contributed by atoms with Gasteiger partial charge in [0.05, 0.1) is 18.6 Å². The molecule has 0 amide bonds. The highest BCUT2D eigenvalue weighted by atomic mass is 127. The molecule has 2 N–H and O–H groups in total. The third kappa shape index (κ3) is 7.50. The number of rotatable bonds is 7. The largest absolute Gasteiger partial charge is 0.496 e. The van der Waals surface area contributed by atoms with E-state index in [4.69, 9.17) is 4.74 Å². The zero-order chi connectivity index (χ0) is 20.7. The van der Waals surface area contributed by atoms with Gasteiger partial charge in [-0.15, -0.1) is 24.0 Å². The normalized spacial score (nSPS) is 11.6. The Labute approximate surface area is 191 Å². The summed E-state index contributed by atoms with van der Waals surface area (Å²) in [5.41, 5.74) is 3.92. The number of methoxy groups -OCH3 is 1. The number of aryl methyl sites for hydroxylation is 2. The van der Waals surface area contributed by atoms with Crippen LogP contribution < -0.4 is 15.4 Å². The Morgan fingerprint density at radius 1 is 1.03 bits per heavy atom. The molecule has 0 aliphatic heterocycles. The second kappa shape index (κ2) is 11.4. The molecule has 160 valence electrons. The lowest BCUT2D eigenvalue weighted by Crippen LogP contribution is -2.36. The lowest BCUT2D eigenvalue weighted by atomic mass is 10.1. The standard InChI is InChI=1S/C21H29N3O3S.HI/c1-6-22-21(23-13-17-7-9-19(27-4)15(2)11-17)24-14-18-8-10-20(16(3)12-18)28(5,25)26;/h7-12H,6,13-14H2,1-5H3,(H2,22,23,24);1H. The number of hydrogen-bond acceptors (Lipinski definition) is 4. The number of guanidine groups is 1. The minimum absolute atomic E-state index is 0. The number of sulfone groups is 1. The van der Waals surface area contributed by atoms with Crippen molar-refractivity contribution < 1.29 is 13.2 Å². The molecule has 0 radical (unpaired) electrons. The summed E-state index contributed by atoms with van der Waals surface area (Å²) in [4.78, 5) is 5.00. The van der Waals surface area contributed by atoms with Crippen molar-refractivity contribution in [1.29, 1.82) is 0 Å². The highest BCUT2D eigenvalue weighted by molar-refractivity contribution is 14.0. The fraction of sp³-hybridized carbons (Fsp3) is 0.381. The maximum absolute atomic E-state index is 11.7. The first-order valence-corrected chi connectivity index (χ1v) is 11.1. The maximum Gasteiger partial charge on any atom is 0.191 e. The first kappa shape index (κ1) is 25.2. The van der Waals surface area contributed by atoms with Crippen LogP contribution in [0.5, 0.6) is 5.75 Å². The van der Waals surface area contributed by atoms with Gasteiger partial charge in [-0.25, -0.2) is 13.4 Å². The zero-order valence-corrected chi connectivity index (χ0v) is 20.7. The van der Waals surface area contributed by atoms with E-state index >= 15 is 0 Å². The Balaban J connectivity index is 0.00000420. The molecule has 0 aromatic heterocycles. The minimum Gasteiger partial charge on any atom is -0.496 e. The second-order valence-electron chi connectivity index (χ2n) is 6.72. The predicted octanol–water partition coefficient (Wildman–Crippen LogP) is 3.59. The number of nitrogens with zero attached hydrogens (tertiary/aromatic N) is 1. The van der Waals surface area contributed by atoms with Crippen molar-refractivity contribution in [2.45, 2.75) is 38.8 Å². The van der Waals surface area contributed by atoms with Crippen molar-refractivity contribution in [3.8, 4) is 5.75 Å². The highest BCUT2D eigenvalue weighted by Crippen LogP contribution is 2.19. The van der Waals surface area contributed by atoms with E-state index in [-0.39, 0.29) is 24.0 Å². The van der Waals surface area contributed by atoms with Gasteiger partial charge in [-0.3, -0.25) is 0 Å². The van der Waals surface area contributed by atoms with Crippen molar-refractivity contribution in [3.63, 3.8) is 0 Å². The Morgan fingerprint density at radius 2 is 1.69 bits per heavy atom. The molecular formula is C21H30IN3O3S. The van der Waals surface area contributed by atoms with Gasteiger partial charge in [0.1, 0.15) is 5.75 Å². The Kier molecular flexibility index (Phi) is 9.91. The number of halogens is 1. The van der Waals surface area contributed by atoms with Gasteiger partial charge in [0.25, 0.3) is 0 Å². The number of benzene rings is 2. The fourth-order valence-electron chi connectivity index (χ4n) is 2.97. The van der Waals surface area contributed by atoms with Gasteiger partial charge in [0.15, 0.2) is 15.8 Å². The average molecular weight is 531 g/mol. The number of hydrogen-bond donors (Lipinski definition) is 2. The molecule has 8 heteroatoms. The van der Waals surface area contributed by atoms with E-state index in [0.717, 1.165) is 34.5 Å². The molecule has 0 aliphatic carbocycles. The molecule has 2 aromatic rings. The van der Waals surface area contributed by atoms with Crippen molar-refractivity contribution in [2.75, 3.05) is 19.9 Å². The van der Waals surface area contributed by atoms with E-state index in [9.17, 15) is 8.42 Å². The molecule has 0 fully saturated rings. The Hall–Kier alpha value is -1.81. The molecule has 0 heterocycles. The van der Waals surface area contributed by atoms with Gasteiger partial charge in [0, 0.05) is 19.3 Å². The van der Waals surface area contributed by atoms with Crippen molar-refractivity contribution in [3.05, 3.63) is 58.7 Å². The van der Waals surface area contributed by atoms with Gasteiger partial charge in [-0.05, 0) is 55.2 Å². The van der Waals surface area contributed by atoms with E-state index in [2.05, 4.69) is 21.7 Å². The maximum atomic E-state index is 11.7. The van der Waals surface area contributed by atoms with Crippen molar-refractivity contribution in [1.82, 2.24) is 10.6 Å². The quantitative estimate of drug-likeness (QED) is 0.325. The second-order valence-corrected chi connectivity index (χ2v) is 8.71. The van der Waals surface area contributed by atoms with Crippen LogP contribution in [-0.2, 0) is 22.9 Å². The molecule has 0 bridgehead atoms. The highest BCUT2D eigenvalue weighted by Gasteiger charge is 2.11. The smallest absolute Gasteiger partial charge is 0.191 e.